The minimum atomic E-state index is -1.43. The molecule has 0 aromatic heterocycles. The molecule has 2 N–H and O–H groups in total. The summed E-state index contributed by atoms with van der Waals surface area (Å²) in [5, 5.41) is 18.8. The average molecular weight is 326 g/mol. The summed E-state index contributed by atoms with van der Waals surface area (Å²) < 4.78 is 0. The van der Waals surface area contributed by atoms with Gasteiger partial charge in [-0.1, -0.05) is 67.6 Å². The molecule has 0 saturated heterocycles. The molecule has 0 spiro atoms. The van der Waals surface area contributed by atoms with Gasteiger partial charge in [-0.3, -0.25) is 9.59 Å². The lowest BCUT2D eigenvalue weighted by molar-refractivity contribution is -0.155. The highest BCUT2D eigenvalue weighted by Gasteiger charge is 2.35. The van der Waals surface area contributed by atoms with Gasteiger partial charge in [-0.05, 0) is 29.9 Å². The second-order valence-corrected chi connectivity index (χ2v) is 6.06. The van der Waals surface area contributed by atoms with E-state index in [1.807, 2.05) is 48.5 Å². The Balaban J connectivity index is 2.20. The zero-order chi connectivity index (χ0) is 17.5. The molecule has 2 aromatic carbocycles. The molecule has 0 amide bonds. The molecule has 2 rings (SSSR count). The van der Waals surface area contributed by atoms with Gasteiger partial charge in [0.05, 0.1) is 0 Å². The third-order valence-electron chi connectivity index (χ3n) is 4.44. The standard InChI is InChI=1S/C20H22O4/c1-14(15-8-4-2-5-9-15)12-13-17(16-10-6-3-7-11-16)18(19(21)22)20(23)24/h2-11,14,17-18H,12-13H2,1H3,(H,21,22)(H,23,24). The van der Waals surface area contributed by atoms with Crippen molar-refractivity contribution in [1.29, 1.82) is 0 Å². The molecule has 0 radical (unpaired) electrons. The molecule has 0 aliphatic heterocycles. The van der Waals surface area contributed by atoms with Gasteiger partial charge in [0.25, 0.3) is 0 Å². The van der Waals surface area contributed by atoms with E-state index in [0.717, 1.165) is 12.0 Å². The van der Waals surface area contributed by atoms with Crippen molar-refractivity contribution in [2.24, 2.45) is 5.92 Å². The second kappa shape index (κ2) is 8.29. The predicted octanol–water partition coefficient (Wildman–Crippen LogP) is 4.14. The summed E-state index contributed by atoms with van der Waals surface area (Å²) >= 11 is 0. The van der Waals surface area contributed by atoms with Crippen LogP contribution in [0.5, 0.6) is 0 Å². The van der Waals surface area contributed by atoms with Crippen molar-refractivity contribution in [2.45, 2.75) is 31.6 Å². The lowest BCUT2D eigenvalue weighted by atomic mass is 9.80. The van der Waals surface area contributed by atoms with Gasteiger partial charge in [0, 0.05) is 5.92 Å². The summed E-state index contributed by atoms with van der Waals surface area (Å²) in [6.45, 7) is 2.08. The summed E-state index contributed by atoms with van der Waals surface area (Å²) in [6, 6.07) is 19.0. The molecular formula is C20H22O4. The number of rotatable bonds is 8. The molecule has 0 aliphatic carbocycles. The number of hydrogen-bond donors (Lipinski definition) is 2. The van der Waals surface area contributed by atoms with Gasteiger partial charge in [-0.25, -0.2) is 0 Å². The van der Waals surface area contributed by atoms with Crippen LogP contribution in [-0.2, 0) is 9.59 Å². The van der Waals surface area contributed by atoms with Crippen LogP contribution in [-0.4, -0.2) is 22.2 Å². The fraction of sp³-hybridized carbons (Fsp3) is 0.300. The summed E-state index contributed by atoms with van der Waals surface area (Å²) in [4.78, 5) is 23.0. The third kappa shape index (κ3) is 4.44. The van der Waals surface area contributed by atoms with Crippen LogP contribution >= 0.6 is 0 Å². The molecule has 4 nitrogen and oxygen atoms in total. The van der Waals surface area contributed by atoms with Crippen LogP contribution in [0, 0.1) is 5.92 Å². The maximum atomic E-state index is 11.5. The predicted molar refractivity (Wildman–Crippen MR) is 92.0 cm³/mol. The molecule has 0 aliphatic rings. The van der Waals surface area contributed by atoms with Gasteiger partial charge in [-0.15, -0.1) is 0 Å². The van der Waals surface area contributed by atoms with Crippen molar-refractivity contribution in [3.8, 4) is 0 Å². The summed E-state index contributed by atoms with van der Waals surface area (Å²) in [5.74, 6) is -4.32. The first-order chi connectivity index (χ1) is 11.5. The van der Waals surface area contributed by atoms with Crippen molar-refractivity contribution < 1.29 is 19.8 Å². The van der Waals surface area contributed by atoms with Crippen molar-refractivity contribution in [1.82, 2.24) is 0 Å². The minimum Gasteiger partial charge on any atom is -0.481 e. The minimum absolute atomic E-state index is 0.237. The van der Waals surface area contributed by atoms with Gasteiger partial charge < -0.3 is 10.2 Å². The molecule has 2 aromatic rings. The third-order valence-corrected chi connectivity index (χ3v) is 4.44. The molecule has 24 heavy (non-hydrogen) atoms. The largest absolute Gasteiger partial charge is 0.481 e. The van der Waals surface area contributed by atoms with E-state index < -0.39 is 23.8 Å². The summed E-state index contributed by atoms with van der Waals surface area (Å²) in [7, 11) is 0. The highest BCUT2D eigenvalue weighted by Crippen LogP contribution is 2.33. The van der Waals surface area contributed by atoms with Crippen LogP contribution in [0.2, 0.25) is 0 Å². The Morgan fingerprint density at radius 2 is 1.25 bits per heavy atom. The quantitative estimate of drug-likeness (QED) is 0.715. The molecule has 0 saturated carbocycles. The summed E-state index contributed by atoms with van der Waals surface area (Å²) in [6.07, 6.45) is 1.23. The van der Waals surface area contributed by atoms with Crippen LogP contribution in [0.15, 0.2) is 60.7 Å². The zero-order valence-corrected chi connectivity index (χ0v) is 13.6. The first kappa shape index (κ1) is 17.7. The number of carboxylic acid groups (broad SMARTS) is 2. The fourth-order valence-electron chi connectivity index (χ4n) is 3.05. The Morgan fingerprint density at radius 1 is 0.792 bits per heavy atom. The van der Waals surface area contributed by atoms with Crippen LogP contribution in [0.3, 0.4) is 0 Å². The van der Waals surface area contributed by atoms with E-state index in [9.17, 15) is 19.8 Å². The maximum absolute atomic E-state index is 11.5. The Labute approximate surface area is 141 Å². The number of hydrogen-bond acceptors (Lipinski definition) is 2. The lowest BCUT2D eigenvalue weighted by Gasteiger charge is -2.23. The van der Waals surface area contributed by atoms with Crippen LogP contribution in [0.4, 0.5) is 0 Å². The Bertz CT molecular complexity index is 653. The Hall–Kier alpha value is -2.62. The van der Waals surface area contributed by atoms with Crippen molar-refractivity contribution in [2.75, 3.05) is 0 Å². The number of benzene rings is 2. The maximum Gasteiger partial charge on any atom is 0.318 e. The summed E-state index contributed by atoms with van der Waals surface area (Å²) in [5.41, 5.74) is 1.93. The van der Waals surface area contributed by atoms with Gasteiger partial charge in [0.15, 0.2) is 5.92 Å². The molecule has 0 fully saturated rings. The van der Waals surface area contributed by atoms with Crippen molar-refractivity contribution >= 4 is 11.9 Å². The van der Waals surface area contributed by atoms with Crippen LogP contribution in [0.25, 0.3) is 0 Å². The fourth-order valence-corrected chi connectivity index (χ4v) is 3.05. The van der Waals surface area contributed by atoms with E-state index in [0.29, 0.717) is 6.42 Å². The van der Waals surface area contributed by atoms with E-state index >= 15 is 0 Å². The first-order valence-corrected chi connectivity index (χ1v) is 8.06. The molecule has 0 bridgehead atoms. The van der Waals surface area contributed by atoms with Crippen molar-refractivity contribution in [3.05, 3.63) is 71.8 Å². The SMILES string of the molecule is CC(CCC(c1ccccc1)C(C(=O)O)C(=O)O)c1ccccc1. The lowest BCUT2D eigenvalue weighted by Crippen LogP contribution is -2.30. The Morgan fingerprint density at radius 3 is 1.71 bits per heavy atom. The average Bonchev–Trinajstić information content (AvgIpc) is 2.59. The number of carbonyl (C=O) groups is 2. The zero-order valence-electron chi connectivity index (χ0n) is 13.6. The van der Waals surface area contributed by atoms with Crippen molar-refractivity contribution in [3.63, 3.8) is 0 Å². The van der Waals surface area contributed by atoms with Gasteiger partial charge in [-0.2, -0.15) is 0 Å². The van der Waals surface area contributed by atoms with E-state index in [4.69, 9.17) is 0 Å². The highest BCUT2D eigenvalue weighted by molar-refractivity contribution is 5.94. The number of carboxylic acids is 2. The van der Waals surface area contributed by atoms with E-state index in [2.05, 4.69) is 6.92 Å². The monoisotopic (exact) mass is 326 g/mol. The van der Waals surface area contributed by atoms with Crippen LogP contribution < -0.4 is 0 Å². The van der Waals surface area contributed by atoms with E-state index in [1.165, 1.54) is 5.56 Å². The highest BCUT2D eigenvalue weighted by atomic mass is 16.4. The van der Waals surface area contributed by atoms with Gasteiger partial charge in [0.2, 0.25) is 0 Å². The molecular weight excluding hydrogens is 304 g/mol. The van der Waals surface area contributed by atoms with E-state index in [1.54, 1.807) is 12.1 Å². The normalized spacial score (nSPS) is 13.4. The van der Waals surface area contributed by atoms with E-state index in [-0.39, 0.29) is 5.92 Å². The first-order valence-electron chi connectivity index (χ1n) is 8.06. The molecule has 2 unspecified atom stereocenters. The Kier molecular flexibility index (Phi) is 6.13. The van der Waals surface area contributed by atoms with Gasteiger partial charge >= 0.3 is 11.9 Å². The smallest absolute Gasteiger partial charge is 0.318 e. The topological polar surface area (TPSA) is 74.6 Å². The molecule has 4 heteroatoms. The number of aliphatic carboxylic acids is 2. The molecule has 126 valence electrons. The molecule has 2 atom stereocenters. The second-order valence-electron chi connectivity index (χ2n) is 6.06. The molecule has 0 heterocycles. The van der Waals surface area contributed by atoms with Gasteiger partial charge in [0.1, 0.15) is 0 Å². The van der Waals surface area contributed by atoms with Crippen LogP contribution in [0.1, 0.15) is 42.7 Å².